The van der Waals surface area contributed by atoms with E-state index in [1.54, 1.807) is 43.5 Å². The van der Waals surface area contributed by atoms with Gasteiger partial charge in [0.25, 0.3) is 0 Å². The molecule has 6 nitrogen and oxygen atoms in total. The van der Waals surface area contributed by atoms with Gasteiger partial charge in [0.15, 0.2) is 0 Å². The Labute approximate surface area is 200 Å². The fourth-order valence-corrected chi connectivity index (χ4v) is 7.32. The van der Waals surface area contributed by atoms with Crippen molar-refractivity contribution in [3.05, 3.63) is 70.6 Å². The maximum atomic E-state index is 13.8. The third-order valence-corrected chi connectivity index (χ3v) is 8.91. The minimum atomic E-state index is -3.88. The van der Waals surface area contributed by atoms with Crippen LogP contribution in [0.1, 0.15) is 37.9 Å². The van der Waals surface area contributed by atoms with Gasteiger partial charge in [0.1, 0.15) is 16.8 Å². The molecule has 0 aromatic heterocycles. The summed E-state index contributed by atoms with van der Waals surface area (Å²) in [6, 6.07) is 13.3. The van der Waals surface area contributed by atoms with Crippen LogP contribution < -0.4 is 4.74 Å². The van der Waals surface area contributed by atoms with Crippen molar-refractivity contribution in [2.24, 2.45) is 5.41 Å². The third kappa shape index (κ3) is 4.20. The maximum absolute atomic E-state index is 13.8. The lowest BCUT2D eigenvalue weighted by atomic mass is 9.76. The number of ether oxygens (including phenoxy) is 2. The molecule has 0 unspecified atom stereocenters. The van der Waals surface area contributed by atoms with Crippen LogP contribution >= 0.6 is 11.8 Å². The first kappa shape index (κ1) is 23.9. The Morgan fingerprint density at radius 2 is 1.73 bits per heavy atom. The number of esters is 1. The Morgan fingerprint density at radius 3 is 2.30 bits per heavy atom. The van der Waals surface area contributed by atoms with Gasteiger partial charge in [0.05, 0.1) is 18.0 Å². The number of nitrogens with zero attached hydrogens (tertiary/aromatic N) is 1. The van der Waals surface area contributed by atoms with Gasteiger partial charge in [-0.25, -0.2) is 8.42 Å². The quantitative estimate of drug-likeness (QED) is 0.569. The van der Waals surface area contributed by atoms with Crippen molar-refractivity contribution in [3.8, 4) is 5.75 Å². The molecule has 2 aliphatic heterocycles. The number of carbonyl (C=O) groups is 1. The highest BCUT2D eigenvalue weighted by atomic mass is 32.2. The van der Waals surface area contributed by atoms with Gasteiger partial charge in [-0.1, -0.05) is 29.8 Å². The highest BCUT2D eigenvalue weighted by molar-refractivity contribution is 8.02. The smallest absolute Gasteiger partial charge is 0.319 e. The molecular weight excluding hydrogens is 458 g/mol. The summed E-state index contributed by atoms with van der Waals surface area (Å²) in [4.78, 5) is 13.9. The molecular formula is C25H29NO5S2. The van der Waals surface area contributed by atoms with E-state index in [0.717, 1.165) is 16.7 Å². The Bertz CT molecular complexity index is 1180. The van der Waals surface area contributed by atoms with Gasteiger partial charge in [-0.15, -0.1) is 11.8 Å². The standard InChI is InChI=1S/C25H29NO5S2/c1-17-6-12-21(13-7-17)33(28,29)26-14-19-15-32-16-25(19,23(27)31-24(2,3)4)22(26)18-8-10-20(30-5)11-9-18/h6-13,15,22H,14,16H2,1-5H3/t22-,25-/m0/s1. The summed E-state index contributed by atoms with van der Waals surface area (Å²) < 4.78 is 40.3. The van der Waals surface area contributed by atoms with Crippen LogP contribution in [-0.4, -0.2) is 43.7 Å². The van der Waals surface area contributed by atoms with Gasteiger partial charge in [-0.3, -0.25) is 4.79 Å². The molecule has 0 radical (unpaired) electrons. The minimum absolute atomic E-state index is 0.138. The molecule has 33 heavy (non-hydrogen) atoms. The van der Waals surface area contributed by atoms with Crippen molar-refractivity contribution in [1.29, 1.82) is 0 Å². The Balaban J connectivity index is 1.88. The normalized spacial score (nSPS) is 23.2. The van der Waals surface area contributed by atoms with E-state index in [4.69, 9.17) is 9.47 Å². The highest BCUT2D eigenvalue weighted by Gasteiger charge is 2.62. The van der Waals surface area contributed by atoms with Crippen molar-refractivity contribution in [2.45, 2.75) is 44.2 Å². The average molecular weight is 488 g/mol. The molecule has 2 aliphatic rings. The predicted molar refractivity (Wildman–Crippen MR) is 130 cm³/mol. The summed E-state index contributed by atoms with van der Waals surface area (Å²) >= 11 is 1.53. The lowest BCUT2D eigenvalue weighted by Gasteiger charge is -2.36. The van der Waals surface area contributed by atoms with Crippen LogP contribution in [0.3, 0.4) is 0 Å². The SMILES string of the molecule is COc1ccc([C@@H]2N(S(=O)(=O)c3ccc(C)cc3)CC3=CSC[C@]32C(=O)OC(C)(C)C)cc1. The number of fused-ring (bicyclic) bond motifs is 1. The number of hydrogen-bond acceptors (Lipinski definition) is 6. The van der Waals surface area contributed by atoms with E-state index >= 15 is 0 Å². The van der Waals surface area contributed by atoms with E-state index in [-0.39, 0.29) is 11.4 Å². The van der Waals surface area contributed by atoms with E-state index in [1.165, 1.54) is 16.1 Å². The molecule has 8 heteroatoms. The van der Waals surface area contributed by atoms with Crippen molar-refractivity contribution >= 4 is 27.8 Å². The molecule has 176 valence electrons. The van der Waals surface area contributed by atoms with Crippen molar-refractivity contribution in [1.82, 2.24) is 4.31 Å². The fraction of sp³-hybridized carbons (Fsp3) is 0.400. The van der Waals surface area contributed by atoms with E-state index in [1.807, 2.05) is 45.2 Å². The van der Waals surface area contributed by atoms with Gasteiger partial charge in [-0.2, -0.15) is 4.31 Å². The topological polar surface area (TPSA) is 72.9 Å². The molecule has 0 amide bonds. The van der Waals surface area contributed by atoms with Gasteiger partial charge in [0, 0.05) is 12.3 Å². The molecule has 0 spiro atoms. The third-order valence-electron chi connectivity index (χ3n) is 6.01. The van der Waals surface area contributed by atoms with Gasteiger partial charge in [0.2, 0.25) is 10.0 Å². The first-order valence-corrected chi connectivity index (χ1v) is 13.2. The molecule has 0 bridgehead atoms. The van der Waals surface area contributed by atoms with Crippen LogP contribution in [0.5, 0.6) is 5.75 Å². The van der Waals surface area contributed by atoms with Crippen molar-refractivity contribution in [3.63, 3.8) is 0 Å². The fourth-order valence-electron chi connectivity index (χ4n) is 4.39. The molecule has 1 fully saturated rings. The van der Waals surface area contributed by atoms with Crippen LogP contribution in [0.25, 0.3) is 0 Å². The zero-order valence-corrected chi connectivity index (χ0v) is 21.1. The highest BCUT2D eigenvalue weighted by Crippen LogP contribution is 2.58. The zero-order chi connectivity index (χ0) is 24.0. The monoisotopic (exact) mass is 487 g/mol. The van der Waals surface area contributed by atoms with Crippen LogP contribution in [0.4, 0.5) is 0 Å². The number of sulfonamides is 1. The minimum Gasteiger partial charge on any atom is -0.497 e. The second kappa shape index (κ2) is 8.49. The number of rotatable bonds is 5. The molecule has 2 aromatic rings. The molecule has 2 aromatic carbocycles. The Morgan fingerprint density at radius 1 is 1.09 bits per heavy atom. The molecule has 0 saturated carbocycles. The van der Waals surface area contributed by atoms with E-state index in [2.05, 4.69) is 0 Å². The number of benzene rings is 2. The largest absolute Gasteiger partial charge is 0.497 e. The summed E-state index contributed by atoms with van der Waals surface area (Å²) in [6.45, 7) is 7.52. The number of methoxy groups -OCH3 is 1. The van der Waals surface area contributed by atoms with Gasteiger partial charge >= 0.3 is 5.97 Å². The summed E-state index contributed by atoms with van der Waals surface area (Å²) in [5.74, 6) is 0.690. The summed E-state index contributed by atoms with van der Waals surface area (Å²) in [6.07, 6.45) is 0. The Kier molecular flexibility index (Phi) is 6.14. The number of aryl methyl sites for hydroxylation is 1. The van der Waals surface area contributed by atoms with Crippen LogP contribution in [0.2, 0.25) is 0 Å². The molecule has 1 saturated heterocycles. The molecule has 2 atom stereocenters. The number of thioether (sulfide) groups is 1. The van der Waals surface area contributed by atoms with Crippen LogP contribution in [-0.2, 0) is 19.6 Å². The lowest BCUT2D eigenvalue weighted by molar-refractivity contribution is -0.165. The molecule has 0 aliphatic carbocycles. The summed E-state index contributed by atoms with van der Waals surface area (Å²) in [5.41, 5.74) is 0.687. The number of carbonyl (C=O) groups excluding carboxylic acids is 1. The lowest BCUT2D eigenvalue weighted by Crippen LogP contribution is -2.44. The summed E-state index contributed by atoms with van der Waals surface area (Å²) in [7, 11) is -2.30. The summed E-state index contributed by atoms with van der Waals surface area (Å²) in [5, 5.41) is 1.92. The second-order valence-electron chi connectivity index (χ2n) is 9.47. The second-order valence-corrected chi connectivity index (χ2v) is 12.2. The van der Waals surface area contributed by atoms with Gasteiger partial charge < -0.3 is 9.47 Å². The van der Waals surface area contributed by atoms with E-state index in [9.17, 15) is 13.2 Å². The average Bonchev–Trinajstić information content (AvgIpc) is 3.31. The van der Waals surface area contributed by atoms with Crippen molar-refractivity contribution < 1.29 is 22.7 Å². The van der Waals surface area contributed by atoms with E-state index < -0.39 is 33.1 Å². The zero-order valence-electron chi connectivity index (χ0n) is 19.5. The molecule has 0 N–H and O–H groups in total. The van der Waals surface area contributed by atoms with Crippen LogP contribution in [0.15, 0.2) is 64.4 Å². The number of hydrogen-bond donors (Lipinski definition) is 0. The van der Waals surface area contributed by atoms with Crippen molar-refractivity contribution in [2.75, 3.05) is 19.4 Å². The van der Waals surface area contributed by atoms with Gasteiger partial charge in [-0.05, 0) is 68.5 Å². The first-order valence-electron chi connectivity index (χ1n) is 10.8. The molecule has 4 rings (SSSR count). The van der Waals surface area contributed by atoms with E-state index in [0.29, 0.717) is 11.5 Å². The first-order chi connectivity index (χ1) is 15.5. The maximum Gasteiger partial charge on any atom is 0.319 e. The Hall–Kier alpha value is -2.29. The predicted octanol–water partition coefficient (Wildman–Crippen LogP) is 4.71. The molecule has 2 heterocycles. The van der Waals surface area contributed by atoms with Crippen LogP contribution in [0, 0.1) is 12.3 Å².